The van der Waals surface area contributed by atoms with Gasteiger partial charge in [-0.3, -0.25) is 19.2 Å². The number of aromatic nitrogens is 1. The molecule has 0 radical (unpaired) electrons. The van der Waals surface area contributed by atoms with Gasteiger partial charge in [-0.05, 0) is 35.7 Å². The van der Waals surface area contributed by atoms with E-state index in [0.29, 0.717) is 11.1 Å². The number of aromatic amines is 1. The van der Waals surface area contributed by atoms with E-state index in [9.17, 15) is 34.2 Å². The molecular weight excluding hydrogens is 520 g/mol. The Labute approximate surface area is 229 Å². The third-order valence-corrected chi connectivity index (χ3v) is 6.24. The van der Waals surface area contributed by atoms with Crippen molar-refractivity contribution in [1.29, 1.82) is 0 Å². The fourth-order valence-electron chi connectivity index (χ4n) is 4.15. The molecule has 0 saturated carbocycles. The molecule has 3 rings (SSSR count). The highest BCUT2D eigenvalue weighted by Crippen LogP contribution is 2.19. The van der Waals surface area contributed by atoms with Gasteiger partial charge in [0.1, 0.15) is 23.9 Å². The van der Waals surface area contributed by atoms with Gasteiger partial charge in [-0.2, -0.15) is 0 Å². The van der Waals surface area contributed by atoms with Crippen LogP contribution in [0.4, 0.5) is 0 Å². The van der Waals surface area contributed by atoms with Gasteiger partial charge in [-0.1, -0.05) is 30.3 Å². The van der Waals surface area contributed by atoms with Crippen molar-refractivity contribution in [3.8, 4) is 5.75 Å². The van der Waals surface area contributed by atoms with Crippen LogP contribution in [0.5, 0.6) is 5.75 Å². The Hall–Kier alpha value is -4.91. The first-order valence-corrected chi connectivity index (χ1v) is 12.5. The maximum absolute atomic E-state index is 13.2. The number of aromatic hydroxyl groups is 1. The van der Waals surface area contributed by atoms with E-state index in [2.05, 4.69) is 20.9 Å². The Morgan fingerprint density at radius 2 is 1.50 bits per heavy atom. The minimum absolute atomic E-state index is 0.000324. The summed E-state index contributed by atoms with van der Waals surface area (Å²) in [6.07, 6.45) is 1.14. The van der Waals surface area contributed by atoms with Crippen molar-refractivity contribution in [2.24, 2.45) is 11.5 Å². The summed E-state index contributed by atoms with van der Waals surface area (Å²) in [7, 11) is 0. The number of benzene rings is 2. The number of nitrogens with one attached hydrogen (secondary N) is 4. The van der Waals surface area contributed by atoms with Crippen molar-refractivity contribution in [3.05, 3.63) is 65.9 Å². The van der Waals surface area contributed by atoms with E-state index < -0.39 is 47.7 Å². The largest absolute Gasteiger partial charge is 0.508 e. The number of nitrogens with two attached hydrogens (primary N) is 2. The number of aliphatic carboxylic acids is 1. The van der Waals surface area contributed by atoms with E-state index in [4.69, 9.17) is 11.5 Å². The molecule has 0 saturated heterocycles. The molecule has 10 N–H and O–H groups in total. The van der Waals surface area contributed by atoms with E-state index in [-0.39, 0.29) is 38.0 Å². The minimum atomic E-state index is -1.34. The average Bonchev–Trinajstić information content (AvgIpc) is 3.33. The van der Waals surface area contributed by atoms with Crippen LogP contribution < -0.4 is 27.4 Å². The standard InChI is InChI=1S/C27H32N6O7/c28-13-24(36)31-21(11-15-5-7-17(34)8-6-15)26(38)32-20(9-10-23(29)35)25(37)33-22(27(39)40)12-16-14-30-19-4-2-1-3-18(16)19/h1-8,14,20-22,30,34H,9-13,28H2,(H2,29,35)(H,31,36)(H,32,38)(H,33,37)(H,39,40). The number of hydrogen-bond acceptors (Lipinski definition) is 7. The lowest BCUT2D eigenvalue weighted by atomic mass is 10.0. The number of amides is 4. The Morgan fingerprint density at radius 3 is 2.15 bits per heavy atom. The second-order valence-corrected chi connectivity index (χ2v) is 9.22. The van der Waals surface area contributed by atoms with Crippen LogP contribution >= 0.6 is 0 Å². The Morgan fingerprint density at radius 1 is 0.850 bits per heavy atom. The molecule has 3 atom stereocenters. The summed E-state index contributed by atoms with van der Waals surface area (Å²) in [4.78, 5) is 65.0. The van der Waals surface area contributed by atoms with Gasteiger partial charge in [-0.15, -0.1) is 0 Å². The van der Waals surface area contributed by atoms with Crippen molar-refractivity contribution in [1.82, 2.24) is 20.9 Å². The lowest BCUT2D eigenvalue weighted by Crippen LogP contribution is -2.57. The summed E-state index contributed by atoms with van der Waals surface area (Å²) in [6, 6.07) is 9.40. The number of carboxylic acid groups (broad SMARTS) is 1. The molecule has 0 aliphatic heterocycles. The van der Waals surface area contributed by atoms with Crippen LogP contribution in [0.15, 0.2) is 54.7 Å². The maximum atomic E-state index is 13.2. The molecule has 40 heavy (non-hydrogen) atoms. The van der Waals surface area contributed by atoms with Crippen molar-refractivity contribution < 1.29 is 34.2 Å². The zero-order valence-corrected chi connectivity index (χ0v) is 21.6. The number of phenols is 1. The lowest BCUT2D eigenvalue weighted by Gasteiger charge is -2.24. The fraction of sp³-hybridized carbons (Fsp3) is 0.296. The summed E-state index contributed by atoms with van der Waals surface area (Å²) in [5, 5.41) is 27.6. The van der Waals surface area contributed by atoms with Crippen molar-refractivity contribution in [2.75, 3.05) is 6.54 Å². The summed E-state index contributed by atoms with van der Waals surface area (Å²) < 4.78 is 0. The average molecular weight is 553 g/mol. The number of primary amides is 1. The van der Waals surface area contributed by atoms with Gasteiger partial charge in [0.25, 0.3) is 0 Å². The first-order valence-electron chi connectivity index (χ1n) is 12.5. The molecule has 3 aromatic rings. The number of phenolic OH excluding ortho intramolecular Hbond substituents is 1. The number of rotatable bonds is 14. The van der Waals surface area contributed by atoms with Crippen LogP contribution in [-0.2, 0) is 36.8 Å². The molecule has 13 nitrogen and oxygen atoms in total. The molecule has 0 spiro atoms. The van der Waals surface area contributed by atoms with Crippen molar-refractivity contribution in [2.45, 2.75) is 43.8 Å². The number of carboxylic acids is 1. The molecule has 1 aromatic heterocycles. The van der Waals surface area contributed by atoms with Gasteiger partial charge in [0.05, 0.1) is 6.54 Å². The first-order chi connectivity index (χ1) is 19.1. The number of carbonyl (C=O) groups is 5. The van der Waals surface area contributed by atoms with Gasteiger partial charge in [0.15, 0.2) is 0 Å². The summed E-state index contributed by atoms with van der Waals surface area (Å²) >= 11 is 0. The molecular formula is C27H32N6O7. The van der Waals surface area contributed by atoms with Gasteiger partial charge in [0, 0.05) is 36.4 Å². The molecule has 1 heterocycles. The van der Waals surface area contributed by atoms with Gasteiger partial charge < -0.3 is 42.6 Å². The SMILES string of the molecule is NCC(=O)NC(Cc1ccc(O)cc1)C(=O)NC(CCC(N)=O)C(=O)NC(Cc1c[nH]c2ccccc12)C(=O)O. The third-order valence-electron chi connectivity index (χ3n) is 6.24. The number of carbonyl (C=O) groups excluding carboxylic acids is 4. The predicted molar refractivity (Wildman–Crippen MR) is 145 cm³/mol. The summed E-state index contributed by atoms with van der Waals surface area (Å²) in [5.74, 6) is -4.23. The van der Waals surface area contributed by atoms with E-state index in [1.807, 2.05) is 18.2 Å². The fourth-order valence-corrected chi connectivity index (χ4v) is 4.15. The van der Waals surface area contributed by atoms with Crippen LogP contribution in [0.3, 0.4) is 0 Å². The normalized spacial score (nSPS) is 13.1. The van der Waals surface area contributed by atoms with E-state index in [1.165, 1.54) is 12.1 Å². The molecule has 0 aliphatic rings. The van der Waals surface area contributed by atoms with Gasteiger partial charge in [0.2, 0.25) is 23.6 Å². The Balaban J connectivity index is 1.78. The van der Waals surface area contributed by atoms with E-state index >= 15 is 0 Å². The second-order valence-electron chi connectivity index (χ2n) is 9.22. The Kier molecular flexibility index (Phi) is 10.2. The number of hydrogen-bond donors (Lipinski definition) is 8. The van der Waals surface area contributed by atoms with E-state index in [1.54, 1.807) is 24.4 Å². The van der Waals surface area contributed by atoms with Crippen LogP contribution in [0, 0.1) is 0 Å². The topological polar surface area (TPSA) is 230 Å². The molecule has 2 aromatic carbocycles. The second kappa shape index (κ2) is 13.8. The van der Waals surface area contributed by atoms with Crippen LogP contribution in [0.1, 0.15) is 24.0 Å². The minimum Gasteiger partial charge on any atom is -0.508 e. The first kappa shape index (κ1) is 29.6. The highest BCUT2D eigenvalue weighted by Gasteiger charge is 2.30. The quantitative estimate of drug-likeness (QED) is 0.129. The highest BCUT2D eigenvalue weighted by molar-refractivity contribution is 5.94. The number of fused-ring (bicyclic) bond motifs is 1. The third kappa shape index (κ3) is 8.30. The molecule has 0 fully saturated rings. The molecule has 3 unspecified atom stereocenters. The molecule has 212 valence electrons. The van der Waals surface area contributed by atoms with Crippen molar-refractivity contribution in [3.63, 3.8) is 0 Å². The molecule has 4 amide bonds. The Bertz CT molecular complexity index is 1370. The lowest BCUT2D eigenvalue weighted by molar-refractivity contribution is -0.142. The number of H-pyrrole nitrogens is 1. The van der Waals surface area contributed by atoms with Crippen LogP contribution in [0.2, 0.25) is 0 Å². The zero-order valence-electron chi connectivity index (χ0n) is 21.6. The smallest absolute Gasteiger partial charge is 0.326 e. The summed E-state index contributed by atoms with van der Waals surface area (Å²) in [6.45, 7) is -0.390. The van der Waals surface area contributed by atoms with E-state index in [0.717, 1.165) is 10.9 Å². The zero-order chi connectivity index (χ0) is 29.2. The number of para-hydroxylation sites is 1. The van der Waals surface area contributed by atoms with Crippen molar-refractivity contribution >= 4 is 40.5 Å². The predicted octanol–water partition coefficient (Wildman–Crippen LogP) is -0.578. The maximum Gasteiger partial charge on any atom is 0.326 e. The van der Waals surface area contributed by atoms with Crippen LogP contribution in [0.25, 0.3) is 10.9 Å². The van der Waals surface area contributed by atoms with Gasteiger partial charge in [-0.25, -0.2) is 4.79 Å². The molecule has 0 bridgehead atoms. The molecule has 13 heteroatoms. The van der Waals surface area contributed by atoms with Crippen LogP contribution in [-0.4, -0.2) is 69.5 Å². The monoisotopic (exact) mass is 552 g/mol. The highest BCUT2D eigenvalue weighted by atomic mass is 16.4. The molecule has 0 aliphatic carbocycles. The summed E-state index contributed by atoms with van der Waals surface area (Å²) in [5.41, 5.74) is 12.7. The van der Waals surface area contributed by atoms with Gasteiger partial charge >= 0.3 is 5.97 Å².